The fourth-order valence-electron chi connectivity index (χ4n) is 4.94. The fourth-order valence-corrected chi connectivity index (χ4v) is 4.94. The van der Waals surface area contributed by atoms with E-state index >= 15 is 0 Å². The maximum absolute atomic E-state index is 13.1. The van der Waals surface area contributed by atoms with Gasteiger partial charge >= 0.3 is 6.03 Å². The summed E-state index contributed by atoms with van der Waals surface area (Å²) >= 11 is 0. The molecule has 4 amide bonds. The second kappa shape index (κ2) is 6.66. The Hall–Kier alpha value is -2.37. The molecule has 1 aromatic rings. The Morgan fingerprint density at radius 3 is 2.59 bits per heavy atom. The summed E-state index contributed by atoms with van der Waals surface area (Å²) in [6.07, 6.45) is 2.24. The summed E-state index contributed by atoms with van der Waals surface area (Å²) in [4.78, 5) is 39.1. The van der Waals surface area contributed by atoms with Gasteiger partial charge < -0.3 is 10.6 Å². The first-order chi connectivity index (χ1) is 12.5. The Morgan fingerprint density at radius 2 is 1.96 bits per heavy atom. The first kappa shape index (κ1) is 19.4. The normalized spacial score (nSPS) is 27.0. The van der Waals surface area contributed by atoms with Gasteiger partial charge in [-0.3, -0.25) is 14.5 Å². The van der Waals surface area contributed by atoms with Gasteiger partial charge in [-0.2, -0.15) is 0 Å². The molecule has 1 saturated heterocycles. The van der Waals surface area contributed by atoms with Gasteiger partial charge in [-0.05, 0) is 56.1 Å². The van der Waals surface area contributed by atoms with Crippen molar-refractivity contribution in [3.63, 3.8) is 0 Å². The van der Waals surface area contributed by atoms with Crippen LogP contribution >= 0.6 is 0 Å². The number of urea groups is 1. The van der Waals surface area contributed by atoms with E-state index in [2.05, 4.69) is 31.4 Å². The van der Waals surface area contributed by atoms with E-state index in [9.17, 15) is 14.4 Å². The maximum atomic E-state index is 13.1. The number of nitrogens with one attached hydrogen (secondary N) is 2. The SMILES string of the molecule is Cc1ccc(NC(=O)CN2C(=O)N[C@@]3(C[C@H](C)CC(C)(C)C3)C2=O)c(C)c1. The molecule has 0 aromatic heterocycles. The van der Waals surface area contributed by atoms with Crippen molar-refractivity contribution in [3.8, 4) is 0 Å². The Bertz CT molecular complexity index is 802. The molecule has 1 spiro atoms. The minimum absolute atomic E-state index is 0.0299. The van der Waals surface area contributed by atoms with Crippen LogP contribution in [-0.2, 0) is 9.59 Å². The molecule has 27 heavy (non-hydrogen) atoms. The summed E-state index contributed by atoms with van der Waals surface area (Å²) in [6.45, 7) is 9.99. The molecule has 2 atom stereocenters. The van der Waals surface area contributed by atoms with E-state index in [0.717, 1.165) is 22.4 Å². The Morgan fingerprint density at radius 1 is 1.26 bits per heavy atom. The zero-order chi connectivity index (χ0) is 20.0. The molecule has 1 aliphatic carbocycles. The van der Waals surface area contributed by atoms with Crippen molar-refractivity contribution in [2.24, 2.45) is 11.3 Å². The lowest BCUT2D eigenvalue weighted by atomic mass is 9.64. The summed E-state index contributed by atoms with van der Waals surface area (Å²) in [5.41, 5.74) is 1.84. The molecule has 6 heteroatoms. The number of carbonyl (C=O) groups excluding carboxylic acids is 3. The van der Waals surface area contributed by atoms with E-state index in [4.69, 9.17) is 0 Å². The fraction of sp³-hybridized carbons (Fsp3) is 0.571. The maximum Gasteiger partial charge on any atom is 0.325 e. The van der Waals surface area contributed by atoms with E-state index in [0.29, 0.717) is 24.4 Å². The van der Waals surface area contributed by atoms with Crippen molar-refractivity contribution < 1.29 is 14.4 Å². The van der Waals surface area contributed by atoms with Crippen LogP contribution in [0.15, 0.2) is 18.2 Å². The van der Waals surface area contributed by atoms with Gasteiger partial charge in [0.05, 0.1) is 0 Å². The van der Waals surface area contributed by atoms with Crippen molar-refractivity contribution in [2.75, 3.05) is 11.9 Å². The molecule has 2 aliphatic rings. The molecule has 0 bridgehead atoms. The molecule has 0 unspecified atom stereocenters. The third-order valence-corrected chi connectivity index (χ3v) is 5.58. The van der Waals surface area contributed by atoms with Gasteiger partial charge in [0.25, 0.3) is 5.91 Å². The van der Waals surface area contributed by atoms with Gasteiger partial charge in [0.15, 0.2) is 0 Å². The number of hydrogen-bond acceptors (Lipinski definition) is 3. The molecular weight excluding hydrogens is 342 g/mol. The van der Waals surface area contributed by atoms with Gasteiger partial charge in [-0.15, -0.1) is 0 Å². The highest BCUT2D eigenvalue weighted by atomic mass is 16.2. The van der Waals surface area contributed by atoms with Gasteiger partial charge in [-0.1, -0.05) is 38.5 Å². The number of nitrogens with zero attached hydrogens (tertiary/aromatic N) is 1. The first-order valence-electron chi connectivity index (χ1n) is 9.53. The second-order valence-electron chi connectivity index (χ2n) is 9.12. The van der Waals surface area contributed by atoms with Gasteiger partial charge in [-0.25, -0.2) is 4.79 Å². The Labute approximate surface area is 160 Å². The van der Waals surface area contributed by atoms with Crippen LogP contribution in [-0.4, -0.2) is 34.8 Å². The highest BCUT2D eigenvalue weighted by Crippen LogP contribution is 2.46. The summed E-state index contributed by atoms with van der Waals surface area (Å²) in [7, 11) is 0. The van der Waals surface area contributed by atoms with Gasteiger partial charge in [0, 0.05) is 5.69 Å². The number of imide groups is 1. The molecular formula is C21H29N3O3. The second-order valence-corrected chi connectivity index (χ2v) is 9.12. The van der Waals surface area contributed by atoms with Gasteiger partial charge in [0.1, 0.15) is 12.1 Å². The summed E-state index contributed by atoms with van der Waals surface area (Å²) in [5, 5.41) is 5.71. The van der Waals surface area contributed by atoms with Crippen molar-refractivity contribution in [2.45, 2.75) is 59.4 Å². The highest BCUT2D eigenvalue weighted by molar-refractivity contribution is 6.10. The number of carbonyl (C=O) groups is 3. The van der Waals surface area contributed by atoms with Crippen molar-refractivity contribution in [3.05, 3.63) is 29.3 Å². The van der Waals surface area contributed by atoms with Crippen LogP contribution in [0.1, 0.15) is 51.2 Å². The molecule has 1 saturated carbocycles. The predicted octanol–water partition coefficient (Wildman–Crippen LogP) is 3.38. The zero-order valence-corrected chi connectivity index (χ0v) is 16.8. The monoisotopic (exact) mass is 371 g/mol. The average molecular weight is 371 g/mol. The molecule has 2 fully saturated rings. The van der Waals surface area contributed by atoms with Crippen LogP contribution in [0.3, 0.4) is 0 Å². The lowest BCUT2D eigenvalue weighted by Gasteiger charge is -2.43. The van der Waals surface area contributed by atoms with E-state index in [1.165, 1.54) is 0 Å². The smallest absolute Gasteiger partial charge is 0.324 e. The highest BCUT2D eigenvalue weighted by Gasteiger charge is 2.56. The number of aryl methyl sites for hydroxylation is 2. The molecule has 3 rings (SSSR count). The topological polar surface area (TPSA) is 78.5 Å². The largest absolute Gasteiger partial charge is 0.325 e. The first-order valence-corrected chi connectivity index (χ1v) is 9.53. The molecule has 2 N–H and O–H groups in total. The standard InChI is InChI=1S/C21H29N3O3/c1-13-6-7-16(15(3)8-13)22-17(25)11-24-18(26)21(23-19(24)27)10-14(2)9-20(4,5)12-21/h6-8,14H,9-12H2,1-5H3,(H,22,25)(H,23,27)/t14-,21-/m1/s1. The van der Waals surface area contributed by atoms with Crippen molar-refractivity contribution >= 4 is 23.5 Å². The molecule has 1 heterocycles. The van der Waals surface area contributed by atoms with Crippen LogP contribution in [0.5, 0.6) is 0 Å². The van der Waals surface area contributed by atoms with Crippen LogP contribution < -0.4 is 10.6 Å². The third-order valence-electron chi connectivity index (χ3n) is 5.58. The summed E-state index contributed by atoms with van der Waals surface area (Å²) < 4.78 is 0. The van der Waals surface area contributed by atoms with Crippen LogP contribution in [0.25, 0.3) is 0 Å². The minimum Gasteiger partial charge on any atom is -0.324 e. The number of hydrogen-bond donors (Lipinski definition) is 2. The van der Waals surface area contributed by atoms with E-state index in [-0.39, 0.29) is 23.8 Å². The van der Waals surface area contributed by atoms with Crippen LogP contribution in [0.2, 0.25) is 0 Å². The average Bonchev–Trinajstić information content (AvgIpc) is 2.72. The summed E-state index contributed by atoms with van der Waals surface area (Å²) in [5.74, 6) is -0.310. The third kappa shape index (κ3) is 3.84. The number of amides is 4. The van der Waals surface area contributed by atoms with Crippen molar-refractivity contribution in [1.82, 2.24) is 10.2 Å². The van der Waals surface area contributed by atoms with E-state index < -0.39 is 11.6 Å². The Balaban J connectivity index is 1.73. The van der Waals surface area contributed by atoms with Crippen LogP contribution in [0, 0.1) is 25.2 Å². The predicted molar refractivity (Wildman–Crippen MR) is 104 cm³/mol. The number of rotatable bonds is 3. The lowest BCUT2D eigenvalue weighted by molar-refractivity contribution is -0.136. The van der Waals surface area contributed by atoms with E-state index in [1.807, 2.05) is 32.0 Å². The lowest BCUT2D eigenvalue weighted by Crippen LogP contribution is -2.54. The summed E-state index contributed by atoms with van der Waals surface area (Å²) in [6, 6.07) is 5.25. The van der Waals surface area contributed by atoms with E-state index in [1.54, 1.807) is 0 Å². The molecule has 1 aliphatic heterocycles. The number of anilines is 1. The molecule has 146 valence electrons. The van der Waals surface area contributed by atoms with Gasteiger partial charge in [0.2, 0.25) is 5.91 Å². The zero-order valence-electron chi connectivity index (χ0n) is 16.8. The number of benzene rings is 1. The Kier molecular flexibility index (Phi) is 4.78. The van der Waals surface area contributed by atoms with Crippen molar-refractivity contribution in [1.29, 1.82) is 0 Å². The molecule has 6 nitrogen and oxygen atoms in total. The molecule has 0 radical (unpaired) electrons. The quantitative estimate of drug-likeness (QED) is 0.800. The molecule has 1 aromatic carbocycles. The minimum atomic E-state index is -0.877. The van der Waals surface area contributed by atoms with Crippen LogP contribution in [0.4, 0.5) is 10.5 Å².